The largest absolute Gasteiger partial charge is 0.451 e. The maximum absolute atomic E-state index is 12.1. The van der Waals surface area contributed by atoms with Crippen LogP contribution in [-0.4, -0.2) is 29.5 Å². The molecule has 1 heterocycles. The van der Waals surface area contributed by atoms with Crippen LogP contribution in [0, 0.1) is 0 Å². The van der Waals surface area contributed by atoms with Crippen LogP contribution in [0.25, 0.3) is 10.9 Å². The van der Waals surface area contributed by atoms with Crippen LogP contribution < -0.4 is 5.32 Å². The van der Waals surface area contributed by atoms with Gasteiger partial charge < -0.3 is 15.0 Å². The number of aryl methyl sites for hydroxylation is 1. The molecule has 0 fully saturated rings. The van der Waals surface area contributed by atoms with Gasteiger partial charge in [0.05, 0.1) is 0 Å². The molecule has 3 aromatic rings. The summed E-state index contributed by atoms with van der Waals surface area (Å²) in [4.78, 5) is 27.0. The fourth-order valence-corrected chi connectivity index (χ4v) is 2.81. The molecule has 0 aliphatic heterocycles. The number of ether oxygens (including phenoxy) is 1. The van der Waals surface area contributed by atoms with E-state index >= 15 is 0 Å². The summed E-state index contributed by atoms with van der Waals surface area (Å²) in [6.45, 7) is 1.66. The molecule has 1 aromatic heterocycles. The molecule has 134 valence electrons. The molecular weight excluding hydrogens is 328 g/mol. The van der Waals surface area contributed by atoms with E-state index in [4.69, 9.17) is 4.74 Å². The molecule has 26 heavy (non-hydrogen) atoms. The van der Waals surface area contributed by atoms with Crippen LogP contribution in [0.1, 0.15) is 29.4 Å². The Labute approximate surface area is 152 Å². The Kier molecular flexibility index (Phi) is 5.69. The summed E-state index contributed by atoms with van der Waals surface area (Å²) in [6, 6.07) is 19.4. The van der Waals surface area contributed by atoms with Crippen molar-refractivity contribution in [1.82, 2.24) is 10.3 Å². The van der Waals surface area contributed by atoms with Gasteiger partial charge in [-0.15, -0.1) is 0 Å². The quantitative estimate of drug-likeness (QED) is 0.641. The first-order valence-electron chi connectivity index (χ1n) is 8.70. The molecule has 1 amide bonds. The van der Waals surface area contributed by atoms with Crippen molar-refractivity contribution < 1.29 is 14.3 Å². The standard InChI is InChI=1S/C21H22N2O3/c1-15(11-12-16-7-3-2-4-8-16)22-20(24)14-26-21(25)19-13-17-9-5-6-10-18(17)23-19/h2-10,13,15,23H,11-12,14H2,1H3,(H,22,24). The van der Waals surface area contributed by atoms with Crippen molar-refractivity contribution in [1.29, 1.82) is 0 Å². The molecular formula is C21H22N2O3. The number of carbonyl (C=O) groups is 2. The molecule has 0 bridgehead atoms. The molecule has 0 saturated carbocycles. The monoisotopic (exact) mass is 350 g/mol. The lowest BCUT2D eigenvalue weighted by molar-refractivity contribution is -0.124. The lowest BCUT2D eigenvalue weighted by Gasteiger charge is -2.13. The van der Waals surface area contributed by atoms with Crippen LogP contribution in [0.15, 0.2) is 60.7 Å². The molecule has 2 aromatic carbocycles. The molecule has 0 spiro atoms. The third-order valence-electron chi connectivity index (χ3n) is 4.20. The number of fused-ring (bicyclic) bond motifs is 1. The zero-order valence-electron chi connectivity index (χ0n) is 14.7. The highest BCUT2D eigenvalue weighted by Crippen LogP contribution is 2.15. The van der Waals surface area contributed by atoms with Crippen molar-refractivity contribution in [2.45, 2.75) is 25.8 Å². The van der Waals surface area contributed by atoms with Crippen molar-refractivity contribution >= 4 is 22.8 Å². The molecule has 5 nitrogen and oxygen atoms in total. The number of hydrogen-bond acceptors (Lipinski definition) is 3. The van der Waals surface area contributed by atoms with Crippen molar-refractivity contribution in [3.05, 3.63) is 71.9 Å². The molecule has 2 N–H and O–H groups in total. The normalized spacial score (nSPS) is 11.9. The van der Waals surface area contributed by atoms with Gasteiger partial charge in [-0.3, -0.25) is 4.79 Å². The predicted molar refractivity (Wildman–Crippen MR) is 101 cm³/mol. The van der Waals surface area contributed by atoms with E-state index in [1.54, 1.807) is 6.07 Å². The summed E-state index contributed by atoms with van der Waals surface area (Å²) in [5.41, 5.74) is 2.44. The molecule has 0 aliphatic carbocycles. The third-order valence-corrected chi connectivity index (χ3v) is 4.20. The first-order chi connectivity index (χ1) is 12.6. The molecule has 1 unspecified atom stereocenters. The minimum absolute atomic E-state index is 0.00878. The topological polar surface area (TPSA) is 71.2 Å². The van der Waals surface area contributed by atoms with Gasteiger partial charge in [0.2, 0.25) is 0 Å². The number of amides is 1. The summed E-state index contributed by atoms with van der Waals surface area (Å²) >= 11 is 0. The number of para-hydroxylation sites is 1. The Bertz CT molecular complexity index is 853. The van der Waals surface area contributed by atoms with Crippen molar-refractivity contribution in [2.24, 2.45) is 0 Å². The van der Waals surface area contributed by atoms with E-state index < -0.39 is 5.97 Å². The second-order valence-corrected chi connectivity index (χ2v) is 6.34. The fourth-order valence-electron chi connectivity index (χ4n) is 2.81. The first kappa shape index (κ1) is 17.7. The van der Waals surface area contributed by atoms with Gasteiger partial charge in [-0.1, -0.05) is 48.5 Å². The van der Waals surface area contributed by atoms with E-state index in [0.717, 1.165) is 23.7 Å². The van der Waals surface area contributed by atoms with Gasteiger partial charge in [0, 0.05) is 16.9 Å². The van der Waals surface area contributed by atoms with Gasteiger partial charge in [0.25, 0.3) is 5.91 Å². The average Bonchev–Trinajstić information content (AvgIpc) is 3.09. The number of carbonyl (C=O) groups excluding carboxylic acids is 2. The van der Waals surface area contributed by atoms with Gasteiger partial charge >= 0.3 is 5.97 Å². The lowest BCUT2D eigenvalue weighted by Crippen LogP contribution is -2.36. The summed E-state index contributed by atoms with van der Waals surface area (Å²) < 4.78 is 5.10. The van der Waals surface area contributed by atoms with Crippen LogP contribution in [0.2, 0.25) is 0 Å². The van der Waals surface area contributed by atoms with Gasteiger partial charge in [0.1, 0.15) is 5.69 Å². The van der Waals surface area contributed by atoms with Crippen molar-refractivity contribution in [3.8, 4) is 0 Å². The van der Waals surface area contributed by atoms with Crippen LogP contribution >= 0.6 is 0 Å². The highest BCUT2D eigenvalue weighted by molar-refractivity contribution is 5.95. The zero-order valence-corrected chi connectivity index (χ0v) is 14.7. The van der Waals surface area contributed by atoms with E-state index in [0.29, 0.717) is 5.69 Å². The molecule has 5 heteroatoms. The SMILES string of the molecule is CC(CCc1ccccc1)NC(=O)COC(=O)c1cc2ccccc2[nH]1. The molecule has 0 saturated heterocycles. The molecule has 3 rings (SSSR count). The summed E-state index contributed by atoms with van der Waals surface area (Å²) in [5.74, 6) is -0.830. The van der Waals surface area contributed by atoms with Gasteiger partial charge in [-0.05, 0) is 37.5 Å². The smallest absolute Gasteiger partial charge is 0.355 e. The first-order valence-corrected chi connectivity index (χ1v) is 8.70. The molecule has 0 aliphatic rings. The van der Waals surface area contributed by atoms with E-state index in [2.05, 4.69) is 22.4 Å². The number of aromatic amines is 1. The predicted octanol–water partition coefficient (Wildman–Crippen LogP) is 3.46. The fraction of sp³-hybridized carbons (Fsp3) is 0.238. The van der Waals surface area contributed by atoms with Crippen LogP contribution in [0.4, 0.5) is 0 Å². The number of aromatic nitrogens is 1. The van der Waals surface area contributed by atoms with Crippen LogP contribution in [-0.2, 0) is 16.0 Å². The number of benzene rings is 2. The third kappa shape index (κ3) is 4.72. The zero-order chi connectivity index (χ0) is 18.4. The van der Waals surface area contributed by atoms with E-state index in [9.17, 15) is 9.59 Å². The lowest BCUT2D eigenvalue weighted by atomic mass is 10.1. The van der Waals surface area contributed by atoms with Gasteiger partial charge in [0.15, 0.2) is 6.61 Å². The second-order valence-electron chi connectivity index (χ2n) is 6.34. The maximum atomic E-state index is 12.1. The summed E-state index contributed by atoms with van der Waals surface area (Å²) in [5, 5.41) is 3.79. The Morgan fingerprint density at radius 3 is 2.58 bits per heavy atom. The number of nitrogens with one attached hydrogen (secondary N) is 2. The number of esters is 1. The van der Waals surface area contributed by atoms with E-state index in [-0.39, 0.29) is 18.6 Å². The van der Waals surface area contributed by atoms with Crippen molar-refractivity contribution in [3.63, 3.8) is 0 Å². The van der Waals surface area contributed by atoms with Crippen LogP contribution in [0.3, 0.4) is 0 Å². The average molecular weight is 350 g/mol. The minimum Gasteiger partial charge on any atom is -0.451 e. The van der Waals surface area contributed by atoms with E-state index in [1.165, 1.54) is 5.56 Å². The Morgan fingerprint density at radius 1 is 1.08 bits per heavy atom. The Hall–Kier alpha value is -3.08. The number of hydrogen-bond donors (Lipinski definition) is 2. The second kappa shape index (κ2) is 8.34. The Morgan fingerprint density at radius 2 is 1.81 bits per heavy atom. The number of rotatable bonds is 7. The highest BCUT2D eigenvalue weighted by atomic mass is 16.5. The maximum Gasteiger partial charge on any atom is 0.355 e. The molecule has 1 atom stereocenters. The minimum atomic E-state index is -0.534. The highest BCUT2D eigenvalue weighted by Gasteiger charge is 2.14. The summed E-state index contributed by atoms with van der Waals surface area (Å²) in [7, 11) is 0. The van der Waals surface area contributed by atoms with Gasteiger partial charge in [-0.2, -0.15) is 0 Å². The Balaban J connectivity index is 1.43. The molecule has 0 radical (unpaired) electrons. The van der Waals surface area contributed by atoms with Crippen molar-refractivity contribution in [2.75, 3.05) is 6.61 Å². The van der Waals surface area contributed by atoms with Gasteiger partial charge in [-0.25, -0.2) is 4.79 Å². The number of H-pyrrole nitrogens is 1. The van der Waals surface area contributed by atoms with Crippen LogP contribution in [0.5, 0.6) is 0 Å². The van der Waals surface area contributed by atoms with E-state index in [1.807, 2.05) is 49.4 Å². The summed E-state index contributed by atoms with van der Waals surface area (Å²) in [6.07, 6.45) is 1.71.